The smallest absolute Gasteiger partial charge is 0.251 e. The Balaban J connectivity index is 1.90. The lowest BCUT2D eigenvalue weighted by Gasteiger charge is -2.10. The van der Waals surface area contributed by atoms with E-state index in [9.17, 15) is 4.79 Å². The van der Waals surface area contributed by atoms with Crippen LogP contribution in [0.3, 0.4) is 0 Å². The van der Waals surface area contributed by atoms with Crippen molar-refractivity contribution in [3.05, 3.63) is 46.8 Å². The van der Waals surface area contributed by atoms with E-state index in [1.165, 1.54) is 0 Å². The minimum Gasteiger partial charge on any atom is -0.382 e. The van der Waals surface area contributed by atoms with Gasteiger partial charge >= 0.3 is 0 Å². The summed E-state index contributed by atoms with van der Waals surface area (Å²) in [6, 6.07) is 11.5. The molecule has 0 amide bonds. The minimum absolute atomic E-state index is 0.0554. The van der Waals surface area contributed by atoms with Crippen LogP contribution in [0.2, 0.25) is 0 Å². The van der Waals surface area contributed by atoms with Crippen LogP contribution in [0.15, 0.2) is 41.2 Å². The first-order chi connectivity index (χ1) is 9.83. The summed E-state index contributed by atoms with van der Waals surface area (Å²) in [6.45, 7) is 5.96. The molecular weight excluding hydrogens is 252 g/mol. The fraction of sp³-hybridized carbons (Fsp3) is 0.438. The molecule has 0 saturated carbocycles. The maximum Gasteiger partial charge on any atom is 0.251 e. The summed E-state index contributed by atoms with van der Waals surface area (Å²) in [4.78, 5) is 12.0. The summed E-state index contributed by atoms with van der Waals surface area (Å²) in [5.74, 6) is 0. The van der Waals surface area contributed by atoms with Crippen molar-refractivity contribution in [2.45, 2.75) is 19.9 Å². The molecule has 4 nitrogen and oxygen atoms in total. The van der Waals surface area contributed by atoms with Crippen molar-refractivity contribution in [2.75, 3.05) is 26.3 Å². The zero-order chi connectivity index (χ0) is 14.2. The van der Waals surface area contributed by atoms with E-state index in [4.69, 9.17) is 4.74 Å². The summed E-state index contributed by atoms with van der Waals surface area (Å²) in [7, 11) is 0. The molecule has 0 atom stereocenters. The molecule has 1 heterocycles. The van der Waals surface area contributed by atoms with Gasteiger partial charge in [0.05, 0.1) is 5.52 Å². The molecular formula is C16H22N2O2. The molecule has 20 heavy (non-hydrogen) atoms. The van der Waals surface area contributed by atoms with Crippen LogP contribution in [0.5, 0.6) is 0 Å². The fourth-order valence-electron chi connectivity index (χ4n) is 2.23. The maximum absolute atomic E-state index is 12.0. The quantitative estimate of drug-likeness (QED) is 0.749. The van der Waals surface area contributed by atoms with Gasteiger partial charge < -0.3 is 14.6 Å². The van der Waals surface area contributed by atoms with Gasteiger partial charge in [-0.1, -0.05) is 18.2 Å². The van der Waals surface area contributed by atoms with Gasteiger partial charge in [0.25, 0.3) is 5.56 Å². The summed E-state index contributed by atoms with van der Waals surface area (Å²) < 4.78 is 7.10. The first-order valence-corrected chi connectivity index (χ1v) is 7.20. The van der Waals surface area contributed by atoms with Crippen molar-refractivity contribution in [3.63, 3.8) is 0 Å². The summed E-state index contributed by atoms with van der Waals surface area (Å²) in [5, 5.41) is 4.45. The molecule has 108 valence electrons. The molecule has 0 aliphatic heterocycles. The van der Waals surface area contributed by atoms with Gasteiger partial charge in [0.15, 0.2) is 0 Å². The van der Waals surface area contributed by atoms with Gasteiger partial charge in [-0.05, 0) is 37.4 Å². The first kappa shape index (κ1) is 14.8. The molecule has 1 N–H and O–H groups in total. The average molecular weight is 274 g/mol. The Morgan fingerprint density at radius 1 is 1.15 bits per heavy atom. The van der Waals surface area contributed by atoms with E-state index in [-0.39, 0.29) is 5.56 Å². The highest BCUT2D eigenvalue weighted by Crippen LogP contribution is 2.10. The molecule has 0 fully saturated rings. The van der Waals surface area contributed by atoms with Gasteiger partial charge in [0.1, 0.15) is 0 Å². The number of fused-ring (bicyclic) bond motifs is 1. The van der Waals surface area contributed by atoms with E-state index in [1.807, 2.05) is 41.8 Å². The van der Waals surface area contributed by atoms with E-state index in [2.05, 4.69) is 5.32 Å². The van der Waals surface area contributed by atoms with Crippen LogP contribution >= 0.6 is 0 Å². The van der Waals surface area contributed by atoms with E-state index < -0.39 is 0 Å². The lowest BCUT2D eigenvalue weighted by molar-refractivity contribution is 0.145. The van der Waals surface area contributed by atoms with E-state index >= 15 is 0 Å². The molecule has 0 aliphatic carbocycles. The third-order valence-corrected chi connectivity index (χ3v) is 3.26. The van der Waals surface area contributed by atoms with Crippen LogP contribution in [-0.2, 0) is 11.3 Å². The second-order valence-electron chi connectivity index (χ2n) is 4.68. The van der Waals surface area contributed by atoms with Crippen molar-refractivity contribution in [3.8, 4) is 0 Å². The van der Waals surface area contributed by atoms with Crippen molar-refractivity contribution < 1.29 is 4.74 Å². The molecule has 0 radical (unpaired) electrons. The largest absolute Gasteiger partial charge is 0.382 e. The van der Waals surface area contributed by atoms with Crippen molar-refractivity contribution in [1.82, 2.24) is 9.88 Å². The Morgan fingerprint density at radius 3 is 2.85 bits per heavy atom. The summed E-state index contributed by atoms with van der Waals surface area (Å²) in [6.07, 6.45) is 0.998. The number of aromatic nitrogens is 1. The third kappa shape index (κ3) is 3.92. The topological polar surface area (TPSA) is 43.3 Å². The Kier molecular flexibility index (Phi) is 5.77. The number of hydrogen-bond donors (Lipinski definition) is 1. The summed E-state index contributed by atoms with van der Waals surface area (Å²) in [5.41, 5.74) is 1.05. The molecule has 0 spiro atoms. The van der Waals surface area contributed by atoms with E-state index in [0.717, 1.165) is 43.6 Å². The predicted molar refractivity (Wildman–Crippen MR) is 82.2 cm³/mol. The number of ether oxygens (including phenoxy) is 1. The third-order valence-electron chi connectivity index (χ3n) is 3.26. The monoisotopic (exact) mass is 274 g/mol. The Labute approximate surface area is 119 Å². The van der Waals surface area contributed by atoms with Gasteiger partial charge in [-0.3, -0.25) is 4.79 Å². The molecule has 2 aromatic rings. The van der Waals surface area contributed by atoms with Gasteiger partial charge in [0.2, 0.25) is 0 Å². The van der Waals surface area contributed by atoms with Crippen molar-refractivity contribution in [2.24, 2.45) is 0 Å². The van der Waals surface area contributed by atoms with Crippen LogP contribution in [0.25, 0.3) is 10.9 Å². The zero-order valence-corrected chi connectivity index (χ0v) is 12.0. The molecule has 0 aliphatic rings. The molecule has 1 aromatic heterocycles. The molecule has 4 heteroatoms. The lowest BCUT2D eigenvalue weighted by Crippen LogP contribution is -2.27. The average Bonchev–Trinajstić information content (AvgIpc) is 2.48. The SMILES string of the molecule is CCOCCCNCCn1c(=O)ccc2ccccc21. The highest BCUT2D eigenvalue weighted by molar-refractivity contribution is 5.78. The summed E-state index contributed by atoms with van der Waals surface area (Å²) >= 11 is 0. The molecule has 0 saturated heterocycles. The Morgan fingerprint density at radius 2 is 2.00 bits per heavy atom. The first-order valence-electron chi connectivity index (χ1n) is 7.20. The highest BCUT2D eigenvalue weighted by atomic mass is 16.5. The van der Waals surface area contributed by atoms with Crippen LogP contribution in [0.1, 0.15) is 13.3 Å². The molecule has 0 bridgehead atoms. The van der Waals surface area contributed by atoms with E-state index in [1.54, 1.807) is 6.07 Å². The van der Waals surface area contributed by atoms with Crippen LogP contribution in [-0.4, -0.2) is 30.9 Å². The zero-order valence-electron chi connectivity index (χ0n) is 12.0. The fourth-order valence-corrected chi connectivity index (χ4v) is 2.23. The lowest BCUT2D eigenvalue weighted by atomic mass is 10.2. The minimum atomic E-state index is 0.0554. The Bertz CT molecular complexity index is 592. The number of pyridine rings is 1. The highest BCUT2D eigenvalue weighted by Gasteiger charge is 2.01. The second kappa shape index (κ2) is 7.82. The number of hydrogen-bond acceptors (Lipinski definition) is 3. The van der Waals surface area contributed by atoms with Crippen molar-refractivity contribution in [1.29, 1.82) is 0 Å². The predicted octanol–water partition coefficient (Wildman–Crippen LogP) is 2.02. The standard InChI is InChI=1S/C16H22N2O2/c1-2-20-13-5-10-17-11-12-18-15-7-4-3-6-14(15)8-9-16(18)19/h3-4,6-9,17H,2,5,10-13H2,1H3. The van der Waals surface area contributed by atoms with Gasteiger partial charge in [-0.2, -0.15) is 0 Å². The van der Waals surface area contributed by atoms with Crippen LogP contribution in [0, 0.1) is 0 Å². The number of rotatable bonds is 8. The number of nitrogens with one attached hydrogen (secondary N) is 1. The molecule has 0 unspecified atom stereocenters. The number of benzene rings is 1. The Hall–Kier alpha value is -1.65. The van der Waals surface area contributed by atoms with Gasteiger partial charge in [-0.15, -0.1) is 0 Å². The molecule has 1 aromatic carbocycles. The van der Waals surface area contributed by atoms with Crippen LogP contribution in [0.4, 0.5) is 0 Å². The van der Waals surface area contributed by atoms with E-state index in [0.29, 0.717) is 6.54 Å². The maximum atomic E-state index is 12.0. The van der Waals surface area contributed by atoms with Gasteiger partial charge in [-0.25, -0.2) is 0 Å². The second-order valence-corrected chi connectivity index (χ2v) is 4.68. The number of para-hydroxylation sites is 1. The molecule has 2 rings (SSSR count). The van der Waals surface area contributed by atoms with Gasteiger partial charge in [0, 0.05) is 32.4 Å². The normalized spacial score (nSPS) is 11.1. The van der Waals surface area contributed by atoms with Crippen LogP contribution < -0.4 is 10.9 Å². The number of nitrogens with zero attached hydrogens (tertiary/aromatic N) is 1. The van der Waals surface area contributed by atoms with Crippen molar-refractivity contribution >= 4 is 10.9 Å².